The molecule has 0 atom stereocenters. The minimum Gasteiger partial charge on any atom is -0.465 e. The summed E-state index contributed by atoms with van der Waals surface area (Å²) in [5.41, 5.74) is 1.88. The summed E-state index contributed by atoms with van der Waals surface area (Å²) in [6.07, 6.45) is 1.59. The Morgan fingerprint density at radius 1 is 1.30 bits per heavy atom. The van der Waals surface area contributed by atoms with Crippen molar-refractivity contribution in [2.75, 3.05) is 7.11 Å². The second-order valence-electron chi connectivity index (χ2n) is 4.17. The molecule has 0 fully saturated rings. The van der Waals surface area contributed by atoms with Gasteiger partial charge in [0.25, 0.3) is 5.69 Å². The van der Waals surface area contributed by atoms with Crippen LogP contribution >= 0.6 is 0 Å². The molecule has 0 amide bonds. The predicted octanol–water partition coefficient (Wildman–Crippen LogP) is 2.75. The summed E-state index contributed by atoms with van der Waals surface area (Å²) >= 11 is 0. The van der Waals surface area contributed by atoms with Crippen molar-refractivity contribution in [1.29, 1.82) is 0 Å². The first-order chi connectivity index (χ1) is 9.52. The Bertz CT molecular complexity index is 683. The van der Waals surface area contributed by atoms with Crippen LogP contribution in [0.15, 0.2) is 36.5 Å². The Kier molecular flexibility index (Phi) is 3.74. The lowest BCUT2D eigenvalue weighted by molar-refractivity contribution is -0.384. The zero-order valence-electron chi connectivity index (χ0n) is 11.0. The third-order valence-electron chi connectivity index (χ3n) is 2.82. The van der Waals surface area contributed by atoms with Gasteiger partial charge in [-0.05, 0) is 36.8 Å². The van der Waals surface area contributed by atoms with Gasteiger partial charge >= 0.3 is 5.97 Å². The normalized spacial score (nSPS) is 10.1. The summed E-state index contributed by atoms with van der Waals surface area (Å²) in [4.78, 5) is 26.2. The Morgan fingerprint density at radius 2 is 2.05 bits per heavy atom. The number of carbonyl (C=O) groups is 1. The lowest BCUT2D eigenvalue weighted by Gasteiger charge is -2.06. The van der Waals surface area contributed by atoms with Crippen molar-refractivity contribution in [3.05, 3.63) is 57.9 Å². The minimum atomic E-state index is -0.606. The van der Waals surface area contributed by atoms with E-state index in [2.05, 4.69) is 9.72 Å². The van der Waals surface area contributed by atoms with Gasteiger partial charge in [-0.25, -0.2) is 4.79 Å². The third kappa shape index (κ3) is 2.64. The average Bonchev–Trinajstić information content (AvgIpc) is 2.45. The van der Waals surface area contributed by atoms with Crippen LogP contribution in [0.5, 0.6) is 0 Å². The molecule has 20 heavy (non-hydrogen) atoms. The topological polar surface area (TPSA) is 82.3 Å². The van der Waals surface area contributed by atoms with E-state index in [0.29, 0.717) is 11.1 Å². The number of aryl methyl sites for hydroxylation is 1. The molecule has 6 nitrogen and oxygen atoms in total. The Hall–Kier alpha value is -2.76. The number of nitro groups is 1. The predicted molar refractivity (Wildman–Crippen MR) is 72.4 cm³/mol. The number of nitrogens with zero attached hydrogens (tertiary/aromatic N) is 2. The van der Waals surface area contributed by atoms with Crippen molar-refractivity contribution in [3.8, 4) is 11.1 Å². The quantitative estimate of drug-likeness (QED) is 0.487. The SMILES string of the molecule is COC(=O)c1ccc(-c2ccnc(C)c2)c([N+](=O)[O-])c1. The van der Waals surface area contributed by atoms with Gasteiger partial charge in [0.05, 0.1) is 23.2 Å². The van der Waals surface area contributed by atoms with E-state index in [1.54, 1.807) is 31.3 Å². The largest absolute Gasteiger partial charge is 0.465 e. The van der Waals surface area contributed by atoms with Gasteiger partial charge < -0.3 is 4.74 Å². The first kappa shape index (κ1) is 13.7. The Labute approximate surface area is 115 Å². The van der Waals surface area contributed by atoms with E-state index in [4.69, 9.17) is 0 Å². The van der Waals surface area contributed by atoms with Crippen LogP contribution in [-0.4, -0.2) is 23.0 Å². The van der Waals surface area contributed by atoms with Gasteiger partial charge in [-0.15, -0.1) is 0 Å². The van der Waals surface area contributed by atoms with Crippen molar-refractivity contribution >= 4 is 11.7 Å². The van der Waals surface area contributed by atoms with Gasteiger partial charge in [0, 0.05) is 18.0 Å². The fourth-order valence-electron chi connectivity index (χ4n) is 1.88. The van der Waals surface area contributed by atoms with Crippen LogP contribution in [0, 0.1) is 17.0 Å². The molecule has 2 rings (SSSR count). The lowest BCUT2D eigenvalue weighted by Crippen LogP contribution is -2.03. The van der Waals surface area contributed by atoms with E-state index in [-0.39, 0.29) is 11.3 Å². The molecule has 0 N–H and O–H groups in total. The van der Waals surface area contributed by atoms with Crippen LogP contribution in [0.1, 0.15) is 16.1 Å². The lowest BCUT2D eigenvalue weighted by atomic mass is 10.0. The summed E-state index contributed by atoms with van der Waals surface area (Å²) in [7, 11) is 1.23. The number of benzene rings is 1. The van der Waals surface area contributed by atoms with Crippen LogP contribution < -0.4 is 0 Å². The highest BCUT2D eigenvalue weighted by atomic mass is 16.6. The van der Waals surface area contributed by atoms with Crippen LogP contribution in [0.2, 0.25) is 0 Å². The molecule has 1 heterocycles. The number of ether oxygens (including phenoxy) is 1. The molecule has 0 saturated heterocycles. The number of pyridine rings is 1. The van der Waals surface area contributed by atoms with E-state index >= 15 is 0 Å². The molecule has 0 bridgehead atoms. The monoisotopic (exact) mass is 272 g/mol. The highest BCUT2D eigenvalue weighted by molar-refractivity contribution is 5.92. The van der Waals surface area contributed by atoms with Gasteiger partial charge in [-0.3, -0.25) is 15.1 Å². The summed E-state index contributed by atoms with van der Waals surface area (Å²) in [6, 6.07) is 7.70. The van der Waals surface area contributed by atoms with E-state index in [0.717, 1.165) is 5.69 Å². The molecule has 0 aliphatic heterocycles. The number of hydrogen-bond donors (Lipinski definition) is 0. The molecular formula is C14H12N2O4. The number of nitro benzene ring substituents is 1. The van der Waals surface area contributed by atoms with E-state index in [1.165, 1.54) is 19.2 Å². The summed E-state index contributed by atoms with van der Waals surface area (Å²) in [5, 5.41) is 11.2. The molecule has 102 valence electrons. The number of carbonyl (C=O) groups excluding carboxylic acids is 1. The molecule has 2 aromatic rings. The fraction of sp³-hybridized carbons (Fsp3) is 0.143. The second-order valence-corrected chi connectivity index (χ2v) is 4.17. The van der Waals surface area contributed by atoms with Gasteiger partial charge in [-0.2, -0.15) is 0 Å². The maximum atomic E-state index is 11.4. The Morgan fingerprint density at radius 3 is 2.65 bits per heavy atom. The van der Waals surface area contributed by atoms with Gasteiger partial charge in [0.2, 0.25) is 0 Å². The van der Waals surface area contributed by atoms with Crippen LogP contribution in [0.4, 0.5) is 5.69 Å². The van der Waals surface area contributed by atoms with Crippen LogP contribution in [0.25, 0.3) is 11.1 Å². The average molecular weight is 272 g/mol. The van der Waals surface area contributed by atoms with Crippen LogP contribution in [-0.2, 0) is 4.74 Å². The second kappa shape index (κ2) is 5.48. The molecule has 0 unspecified atom stereocenters. The number of methoxy groups -OCH3 is 1. The summed E-state index contributed by atoms with van der Waals surface area (Å²) in [5.74, 6) is -0.606. The minimum absolute atomic E-state index is 0.140. The van der Waals surface area contributed by atoms with Gasteiger partial charge in [0.15, 0.2) is 0 Å². The molecular weight excluding hydrogens is 260 g/mol. The highest BCUT2D eigenvalue weighted by Gasteiger charge is 2.19. The molecule has 1 aromatic carbocycles. The van der Waals surface area contributed by atoms with Gasteiger partial charge in [0.1, 0.15) is 0 Å². The molecule has 0 aliphatic carbocycles. The maximum absolute atomic E-state index is 11.4. The summed E-state index contributed by atoms with van der Waals surface area (Å²) in [6.45, 7) is 1.80. The number of aromatic nitrogens is 1. The van der Waals surface area contributed by atoms with Crippen molar-refractivity contribution in [2.24, 2.45) is 0 Å². The first-order valence-electron chi connectivity index (χ1n) is 5.82. The van der Waals surface area contributed by atoms with Gasteiger partial charge in [-0.1, -0.05) is 0 Å². The van der Waals surface area contributed by atoms with E-state index < -0.39 is 10.9 Å². The third-order valence-corrected chi connectivity index (χ3v) is 2.82. The number of rotatable bonds is 3. The molecule has 6 heteroatoms. The van der Waals surface area contributed by atoms with Crippen molar-refractivity contribution in [2.45, 2.75) is 6.92 Å². The zero-order valence-corrected chi connectivity index (χ0v) is 11.0. The number of esters is 1. The zero-order chi connectivity index (χ0) is 14.7. The standard InChI is InChI=1S/C14H12N2O4/c1-9-7-10(5-6-15-9)12-4-3-11(14(17)20-2)8-13(12)16(18)19/h3-8H,1-2H3. The Balaban J connectivity index is 2.59. The van der Waals surface area contributed by atoms with E-state index in [1.807, 2.05) is 0 Å². The smallest absolute Gasteiger partial charge is 0.338 e. The van der Waals surface area contributed by atoms with E-state index in [9.17, 15) is 14.9 Å². The highest BCUT2D eigenvalue weighted by Crippen LogP contribution is 2.31. The van der Waals surface area contributed by atoms with Crippen LogP contribution in [0.3, 0.4) is 0 Å². The molecule has 0 spiro atoms. The molecule has 0 aliphatic rings. The van der Waals surface area contributed by atoms with Crippen molar-refractivity contribution in [3.63, 3.8) is 0 Å². The number of hydrogen-bond acceptors (Lipinski definition) is 5. The fourth-order valence-corrected chi connectivity index (χ4v) is 1.88. The molecule has 1 aromatic heterocycles. The van der Waals surface area contributed by atoms with Crippen molar-refractivity contribution in [1.82, 2.24) is 4.98 Å². The maximum Gasteiger partial charge on any atom is 0.338 e. The first-order valence-corrected chi connectivity index (χ1v) is 5.82. The van der Waals surface area contributed by atoms with Crippen molar-refractivity contribution < 1.29 is 14.5 Å². The molecule has 0 radical (unpaired) electrons. The molecule has 0 saturated carbocycles. The summed E-state index contributed by atoms with van der Waals surface area (Å²) < 4.78 is 4.56.